The van der Waals surface area contributed by atoms with Gasteiger partial charge in [0, 0.05) is 16.2 Å². The highest BCUT2D eigenvalue weighted by molar-refractivity contribution is 9.10. The quantitative estimate of drug-likeness (QED) is 0.724. The molecule has 4 nitrogen and oxygen atoms in total. The van der Waals surface area contributed by atoms with Crippen LogP contribution in [0, 0.1) is 11.3 Å². The number of rotatable bonds is 1. The molecule has 18 heavy (non-hydrogen) atoms. The summed E-state index contributed by atoms with van der Waals surface area (Å²) >= 11 is 9.14. The van der Waals surface area contributed by atoms with E-state index in [-0.39, 0.29) is 0 Å². The van der Waals surface area contributed by atoms with Gasteiger partial charge in [0.15, 0.2) is 0 Å². The Balaban J connectivity index is 2.97. The number of carbonyl (C=O) groups is 1. The first-order valence-electron chi connectivity index (χ1n) is 5.12. The van der Waals surface area contributed by atoms with Crippen LogP contribution in [0.2, 0.25) is 0 Å². The van der Waals surface area contributed by atoms with Crippen molar-refractivity contribution in [3.8, 4) is 6.07 Å². The minimum atomic E-state index is -0.689. The van der Waals surface area contributed by atoms with Crippen LogP contribution in [0.25, 0.3) is 0 Å². The monoisotopic (exact) mass is 330 g/mol. The number of nitriles is 1. The average molecular weight is 332 g/mol. The Morgan fingerprint density at radius 1 is 1.44 bits per heavy atom. The van der Waals surface area contributed by atoms with Crippen molar-refractivity contribution in [1.29, 1.82) is 5.26 Å². The summed E-state index contributed by atoms with van der Waals surface area (Å²) in [5.41, 5.74) is 0.138. The van der Waals surface area contributed by atoms with E-state index in [1.165, 1.54) is 6.07 Å². The lowest BCUT2D eigenvalue weighted by Gasteiger charge is -2.23. The zero-order chi connectivity index (χ0) is 13.9. The Morgan fingerprint density at radius 3 is 2.56 bits per heavy atom. The zero-order valence-corrected chi connectivity index (χ0v) is 12.5. The van der Waals surface area contributed by atoms with E-state index in [1.807, 2.05) is 6.07 Å². The summed E-state index contributed by atoms with van der Waals surface area (Å²) in [6, 6.07) is 6.74. The fraction of sp³-hybridized carbons (Fsp3) is 0.333. The van der Waals surface area contributed by atoms with E-state index in [0.717, 1.165) is 4.42 Å². The maximum Gasteiger partial charge on any atom is 0.429 e. The van der Waals surface area contributed by atoms with E-state index in [9.17, 15) is 4.79 Å². The summed E-state index contributed by atoms with van der Waals surface area (Å²) in [7, 11) is 0. The van der Waals surface area contributed by atoms with Crippen LogP contribution in [-0.4, -0.2) is 11.7 Å². The van der Waals surface area contributed by atoms with Crippen molar-refractivity contribution in [1.82, 2.24) is 0 Å². The van der Waals surface area contributed by atoms with Gasteiger partial charge < -0.3 is 4.74 Å². The van der Waals surface area contributed by atoms with Gasteiger partial charge in [-0.15, -0.1) is 0 Å². The molecule has 0 aliphatic heterocycles. The molecule has 0 aliphatic carbocycles. The summed E-state index contributed by atoms with van der Waals surface area (Å²) in [5, 5.41) is 8.84. The van der Waals surface area contributed by atoms with Crippen LogP contribution in [0.4, 0.5) is 10.5 Å². The summed E-state index contributed by atoms with van der Waals surface area (Å²) in [6.45, 7) is 5.24. The summed E-state index contributed by atoms with van der Waals surface area (Å²) in [6.07, 6.45) is -0.689. The first kappa shape index (κ1) is 14.8. The predicted molar refractivity (Wildman–Crippen MR) is 73.4 cm³/mol. The smallest absolute Gasteiger partial charge is 0.429 e. The molecule has 0 aromatic heterocycles. The molecule has 1 rings (SSSR count). The van der Waals surface area contributed by atoms with E-state index < -0.39 is 11.7 Å². The summed E-state index contributed by atoms with van der Waals surface area (Å²) in [4.78, 5) is 11.7. The molecule has 0 spiro atoms. The van der Waals surface area contributed by atoms with Gasteiger partial charge in [-0.05, 0) is 39.0 Å². The second-order valence-electron chi connectivity index (χ2n) is 4.57. The van der Waals surface area contributed by atoms with Gasteiger partial charge in [-0.3, -0.25) is 0 Å². The van der Waals surface area contributed by atoms with Gasteiger partial charge in [0.2, 0.25) is 0 Å². The number of carbonyl (C=O) groups excluding carboxylic acids is 1. The van der Waals surface area contributed by atoms with Crippen LogP contribution in [0.5, 0.6) is 0 Å². The number of ether oxygens (including phenoxy) is 1. The third-order valence-electron chi connectivity index (χ3n) is 1.79. The number of hydrogen-bond donors (Lipinski definition) is 0. The van der Waals surface area contributed by atoms with Crippen molar-refractivity contribution >= 4 is 39.5 Å². The van der Waals surface area contributed by atoms with Crippen molar-refractivity contribution in [2.24, 2.45) is 0 Å². The minimum absolute atomic E-state index is 0.372. The standard InChI is InChI=1S/C12H12BrClN2O2/c1-12(2,3)18-11(17)16(14)10-5-8(7-15)4-9(13)6-10/h4-6H,1-3H3. The number of benzene rings is 1. The van der Waals surface area contributed by atoms with E-state index >= 15 is 0 Å². The van der Waals surface area contributed by atoms with Crippen molar-refractivity contribution in [3.05, 3.63) is 28.2 Å². The van der Waals surface area contributed by atoms with Gasteiger partial charge in [-0.2, -0.15) is 9.68 Å². The SMILES string of the molecule is CC(C)(C)OC(=O)N(Cl)c1cc(Br)cc(C#N)c1. The van der Waals surface area contributed by atoms with Gasteiger partial charge in [0.1, 0.15) is 5.60 Å². The van der Waals surface area contributed by atoms with Crippen molar-refractivity contribution < 1.29 is 9.53 Å². The maximum absolute atomic E-state index is 11.7. The van der Waals surface area contributed by atoms with Gasteiger partial charge in [0.05, 0.1) is 17.3 Å². The first-order valence-corrected chi connectivity index (χ1v) is 6.25. The molecule has 1 aromatic rings. The Hall–Kier alpha value is -1.25. The Kier molecular flexibility index (Phi) is 4.60. The van der Waals surface area contributed by atoms with E-state index in [0.29, 0.717) is 15.7 Å². The Labute approximate surface area is 119 Å². The van der Waals surface area contributed by atoms with E-state index in [4.69, 9.17) is 21.8 Å². The number of anilines is 1. The Morgan fingerprint density at radius 2 is 2.06 bits per heavy atom. The largest absolute Gasteiger partial charge is 0.443 e. The highest BCUT2D eigenvalue weighted by Gasteiger charge is 2.22. The predicted octanol–water partition coefficient (Wildman–Crippen LogP) is 4.22. The number of halogens is 2. The first-order chi connectivity index (χ1) is 8.23. The van der Waals surface area contributed by atoms with Crippen LogP contribution in [0.15, 0.2) is 22.7 Å². The molecule has 6 heteroatoms. The van der Waals surface area contributed by atoms with Gasteiger partial charge in [-0.1, -0.05) is 15.9 Å². The maximum atomic E-state index is 11.7. The van der Waals surface area contributed by atoms with E-state index in [1.54, 1.807) is 32.9 Å². The second-order valence-corrected chi connectivity index (χ2v) is 5.82. The minimum Gasteiger partial charge on any atom is -0.443 e. The molecular weight excluding hydrogens is 320 g/mol. The molecule has 0 bridgehead atoms. The second kappa shape index (κ2) is 5.59. The van der Waals surface area contributed by atoms with Gasteiger partial charge in [-0.25, -0.2) is 4.79 Å². The normalized spacial score (nSPS) is 10.7. The fourth-order valence-electron chi connectivity index (χ4n) is 1.16. The molecule has 0 radical (unpaired) electrons. The molecule has 0 saturated carbocycles. The van der Waals surface area contributed by atoms with Crippen LogP contribution in [-0.2, 0) is 4.74 Å². The zero-order valence-electron chi connectivity index (χ0n) is 10.2. The van der Waals surface area contributed by atoms with E-state index in [2.05, 4.69) is 15.9 Å². The number of amides is 1. The number of hydrogen-bond acceptors (Lipinski definition) is 3. The van der Waals surface area contributed by atoms with Crippen LogP contribution >= 0.6 is 27.7 Å². The molecule has 0 unspecified atom stereocenters. The topological polar surface area (TPSA) is 53.3 Å². The third-order valence-corrected chi connectivity index (χ3v) is 2.58. The molecule has 1 aromatic carbocycles. The molecule has 96 valence electrons. The third kappa shape index (κ3) is 4.21. The molecule has 1 amide bonds. The van der Waals surface area contributed by atoms with Crippen molar-refractivity contribution in [3.63, 3.8) is 0 Å². The molecule has 0 heterocycles. The lowest BCUT2D eigenvalue weighted by atomic mass is 10.2. The van der Waals surface area contributed by atoms with Crippen molar-refractivity contribution in [2.45, 2.75) is 26.4 Å². The Bertz CT molecular complexity index is 506. The lowest BCUT2D eigenvalue weighted by molar-refractivity contribution is 0.0609. The molecule has 0 N–H and O–H groups in total. The van der Waals surface area contributed by atoms with Gasteiger partial charge >= 0.3 is 6.09 Å². The van der Waals surface area contributed by atoms with Gasteiger partial charge in [0.25, 0.3) is 0 Å². The summed E-state index contributed by atoms with van der Waals surface area (Å²) in [5.74, 6) is 0. The fourth-order valence-corrected chi connectivity index (χ4v) is 1.77. The van der Waals surface area contributed by atoms with Crippen LogP contribution in [0.3, 0.4) is 0 Å². The molecular formula is C12H12BrClN2O2. The molecule has 0 saturated heterocycles. The summed E-state index contributed by atoms with van der Waals surface area (Å²) < 4.78 is 6.63. The van der Waals surface area contributed by atoms with Crippen LogP contribution in [0.1, 0.15) is 26.3 Å². The number of nitrogens with zero attached hydrogens (tertiary/aromatic N) is 2. The lowest BCUT2D eigenvalue weighted by Crippen LogP contribution is -2.31. The van der Waals surface area contributed by atoms with Crippen molar-refractivity contribution in [2.75, 3.05) is 4.42 Å². The highest BCUT2D eigenvalue weighted by atomic mass is 79.9. The van der Waals surface area contributed by atoms with Crippen LogP contribution < -0.4 is 4.42 Å². The molecule has 0 atom stereocenters. The molecule has 0 fully saturated rings. The molecule has 0 aliphatic rings. The highest BCUT2D eigenvalue weighted by Crippen LogP contribution is 2.25. The average Bonchev–Trinajstić information content (AvgIpc) is 2.24.